The van der Waals surface area contributed by atoms with Gasteiger partial charge >= 0.3 is 12.2 Å². The quantitative estimate of drug-likeness (QED) is 0.232. The fourth-order valence-corrected chi connectivity index (χ4v) is 4.47. The monoisotopic (exact) mass is 554 g/mol. The molecule has 0 unspecified atom stereocenters. The first-order chi connectivity index (χ1) is 19.2. The number of carbonyl (C=O) groups excluding carboxylic acids is 1. The summed E-state index contributed by atoms with van der Waals surface area (Å²) in [6.07, 6.45) is -3.37. The van der Waals surface area contributed by atoms with Crippen LogP contribution in [0.2, 0.25) is 0 Å². The Kier molecular flexibility index (Phi) is 7.24. The summed E-state index contributed by atoms with van der Waals surface area (Å²) >= 11 is 0. The zero-order valence-electron chi connectivity index (χ0n) is 20.8. The van der Waals surface area contributed by atoms with Crippen LogP contribution in [0.3, 0.4) is 0 Å². The number of rotatable bonds is 5. The van der Waals surface area contributed by atoms with Crippen LogP contribution in [0.1, 0.15) is 11.3 Å². The number of nitrogens with zero attached hydrogens (tertiary/aromatic N) is 5. The Balaban J connectivity index is 1.41. The minimum atomic E-state index is -4.69. The van der Waals surface area contributed by atoms with E-state index in [0.29, 0.717) is 79.1 Å². The van der Waals surface area contributed by atoms with Gasteiger partial charge in [0.1, 0.15) is 17.7 Å². The third kappa shape index (κ3) is 5.37. The minimum Gasteiger partial charge on any atom is -0.382 e. The highest BCUT2D eigenvalue weighted by Gasteiger charge is 2.31. The van der Waals surface area contributed by atoms with E-state index in [0.717, 1.165) is 0 Å². The Morgan fingerprint density at radius 3 is 2.52 bits per heavy atom. The van der Waals surface area contributed by atoms with Crippen LogP contribution in [0, 0.1) is 12.4 Å². The van der Waals surface area contributed by atoms with E-state index in [1.54, 1.807) is 16.6 Å². The van der Waals surface area contributed by atoms with Gasteiger partial charge < -0.3 is 21.1 Å². The number of nitrogen functional groups attached to an aromatic ring is 1. The highest BCUT2D eigenvalue weighted by atomic mass is 19.4. The van der Waals surface area contributed by atoms with Crippen molar-refractivity contribution in [2.45, 2.75) is 12.7 Å². The molecule has 2 aromatic heterocycles. The van der Waals surface area contributed by atoms with Crippen molar-refractivity contribution >= 4 is 34.4 Å². The topological polar surface area (TPSA) is 114 Å². The van der Waals surface area contributed by atoms with E-state index in [2.05, 4.69) is 30.5 Å². The van der Waals surface area contributed by atoms with Crippen molar-refractivity contribution in [2.24, 2.45) is 0 Å². The summed E-state index contributed by atoms with van der Waals surface area (Å²) in [6.45, 7) is 10.9. The molecule has 1 saturated heterocycles. The van der Waals surface area contributed by atoms with Gasteiger partial charge in [-0.25, -0.2) is 23.5 Å². The molecule has 5 rings (SSSR count). The Morgan fingerprint density at radius 2 is 1.85 bits per heavy atom. The van der Waals surface area contributed by atoms with Gasteiger partial charge in [-0.1, -0.05) is 12.1 Å². The fraction of sp³-hybridized carbons (Fsp3) is 0.231. The van der Waals surface area contributed by atoms with E-state index in [4.69, 9.17) is 17.0 Å². The van der Waals surface area contributed by atoms with E-state index in [-0.39, 0.29) is 11.5 Å². The lowest BCUT2D eigenvalue weighted by Crippen LogP contribution is -2.36. The van der Waals surface area contributed by atoms with E-state index < -0.39 is 29.3 Å². The number of halogens is 4. The molecule has 0 atom stereocenters. The highest BCUT2D eigenvalue weighted by molar-refractivity contribution is 6.01. The lowest BCUT2D eigenvalue weighted by Gasteiger charge is -2.26. The van der Waals surface area contributed by atoms with E-state index >= 15 is 0 Å². The number of fused-ring (bicyclic) bond motifs is 1. The van der Waals surface area contributed by atoms with Crippen molar-refractivity contribution in [1.82, 2.24) is 19.5 Å². The number of hydrogen-bond donors (Lipinski definition) is 3. The van der Waals surface area contributed by atoms with Gasteiger partial charge in [0, 0.05) is 30.9 Å². The second-order valence-electron chi connectivity index (χ2n) is 8.93. The van der Waals surface area contributed by atoms with Crippen molar-refractivity contribution in [3.63, 3.8) is 0 Å². The van der Waals surface area contributed by atoms with Crippen LogP contribution in [-0.4, -0.2) is 51.8 Å². The van der Waals surface area contributed by atoms with Crippen LogP contribution in [0.5, 0.6) is 0 Å². The molecule has 1 aliphatic heterocycles. The Bertz CT molecular complexity index is 1610. The maximum Gasteiger partial charge on any atom is 0.416 e. The molecule has 2 amide bonds. The molecular weight excluding hydrogens is 532 g/mol. The molecular formula is C26H22F4N8O2. The Hall–Kier alpha value is -4.74. The average molecular weight is 555 g/mol. The number of nitrogens with one attached hydrogen (secondary N) is 2. The molecule has 0 spiro atoms. The number of carbonyl (C=O) groups is 1. The molecule has 2 aromatic carbocycles. The fourth-order valence-electron chi connectivity index (χ4n) is 4.47. The van der Waals surface area contributed by atoms with Gasteiger partial charge in [-0.2, -0.15) is 18.3 Å². The van der Waals surface area contributed by atoms with Gasteiger partial charge in [-0.05, 0) is 35.9 Å². The maximum absolute atomic E-state index is 14.0. The first-order valence-electron chi connectivity index (χ1n) is 12.0. The summed E-state index contributed by atoms with van der Waals surface area (Å²) in [5.41, 5.74) is 7.38. The molecule has 40 heavy (non-hydrogen) atoms. The molecule has 0 bridgehead atoms. The lowest BCUT2D eigenvalue weighted by molar-refractivity contribution is -0.137. The van der Waals surface area contributed by atoms with Crippen LogP contribution >= 0.6 is 0 Å². The summed E-state index contributed by atoms with van der Waals surface area (Å²) in [6, 6.07) is 7.17. The summed E-state index contributed by atoms with van der Waals surface area (Å²) < 4.78 is 59.9. The minimum absolute atomic E-state index is 0.188. The maximum atomic E-state index is 14.0. The molecule has 3 heterocycles. The number of benzene rings is 2. The first kappa shape index (κ1) is 26.9. The zero-order valence-corrected chi connectivity index (χ0v) is 20.8. The number of nitrogens with two attached hydrogens (primary N) is 1. The van der Waals surface area contributed by atoms with Crippen LogP contribution < -0.4 is 16.4 Å². The van der Waals surface area contributed by atoms with Gasteiger partial charge in [-0.15, -0.1) is 0 Å². The van der Waals surface area contributed by atoms with Crippen LogP contribution in [0.4, 0.5) is 45.2 Å². The van der Waals surface area contributed by atoms with Crippen molar-refractivity contribution in [2.75, 3.05) is 42.7 Å². The van der Waals surface area contributed by atoms with E-state index in [1.165, 1.54) is 18.5 Å². The van der Waals surface area contributed by atoms with Crippen LogP contribution in [-0.2, 0) is 17.5 Å². The predicted octanol–water partition coefficient (Wildman–Crippen LogP) is 5.16. The van der Waals surface area contributed by atoms with Gasteiger partial charge in [-0.3, -0.25) is 4.90 Å². The highest BCUT2D eigenvalue weighted by Crippen LogP contribution is 2.42. The summed E-state index contributed by atoms with van der Waals surface area (Å²) in [4.78, 5) is 22.4. The van der Waals surface area contributed by atoms with Gasteiger partial charge in [0.2, 0.25) is 5.69 Å². The molecule has 10 nitrogen and oxygen atoms in total. The number of anilines is 3. The number of alkyl halides is 3. The Labute approximate surface area is 225 Å². The SMILES string of the molecule is [C-]#[N+]c1c(-c2ccc(NC(=O)Nc3cc(C(F)(F)F)ccc3F)cc2)c2c(N)ncnn2c1CN1CCOCC1. The smallest absolute Gasteiger partial charge is 0.382 e. The number of aromatic nitrogens is 3. The number of morpholine rings is 1. The lowest BCUT2D eigenvalue weighted by atomic mass is 10.0. The molecule has 0 saturated carbocycles. The standard InChI is InChI=1S/C26H22F4N8O2/c1-32-22-20(13-37-8-10-40-11-9-37)38-23(24(31)33-14-34-38)21(22)15-2-5-17(6-3-15)35-25(39)36-19-12-16(26(28,29)30)4-7-18(19)27/h2-7,12,14H,8-11,13H2,(H2,31,33,34)(H2,35,36,39). The van der Waals surface area contributed by atoms with Gasteiger partial charge in [0.15, 0.2) is 5.82 Å². The van der Waals surface area contributed by atoms with Gasteiger partial charge in [0.25, 0.3) is 0 Å². The number of hydrogen-bond acceptors (Lipinski definition) is 6. The molecule has 206 valence electrons. The Morgan fingerprint density at radius 1 is 1.12 bits per heavy atom. The van der Waals surface area contributed by atoms with Crippen molar-refractivity contribution in [3.05, 3.63) is 77.3 Å². The second-order valence-corrected chi connectivity index (χ2v) is 8.93. The normalized spacial score (nSPS) is 14.2. The third-order valence-corrected chi connectivity index (χ3v) is 6.38. The summed E-state index contributed by atoms with van der Waals surface area (Å²) in [5.74, 6) is -0.828. The number of amides is 2. The molecule has 0 radical (unpaired) electrons. The summed E-state index contributed by atoms with van der Waals surface area (Å²) in [5, 5.41) is 8.90. The van der Waals surface area contributed by atoms with Crippen molar-refractivity contribution in [3.8, 4) is 11.1 Å². The van der Waals surface area contributed by atoms with E-state index in [9.17, 15) is 22.4 Å². The van der Waals surface area contributed by atoms with Crippen molar-refractivity contribution < 1.29 is 27.1 Å². The van der Waals surface area contributed by atoms with Crippen LogP contribution in [0.25, 0.3) is 21.5 Å². The predicted molar refractivity (Wildman–Crippen MR) is 139 cm³/mol. The van der Waals surface area contributed by atoms with Crippen LogP contribution in [0.15, 0.2) is 48.8 Å². The zero-order chi connectivity index (χ0) is 28.4. The average Bonchev–Trinajstić information content (AvgIpc) is 3.24. The van der Waals surface area contributed by atoms with Crippen molar-refractivity contribution in [1.29, 1.82) is 0 Å². The second kappa shape index (κ2) is 10.8. The number of ether oxygens (including phenoxy) is 1. The van der Waals surface area contributed by atoms with E-state index in [1.807, 2.05) is 0 Å². The summed E-state index contributed by atoms with van der Waals surface area (Å²) in [7, 11) is 0. The molecule has 4 aromatic rings. The largest absolute Gasteiger partial charge is 0.416 e. The third-order valence-electron chi connectivity index (χ3n) is 6.38. The molecule has 4 N–H and O–H groups in total. The van der Waals surface area contributed by atoms with Gasteiger partial charge in [0.05, 0.1) is 36.7 Å². The number of urea groups is 1. The molecule has 1 aliphatic rings. The molecule has 1 fully saturated rings. The molecule has 0 aliphatic carbocycles. The first-order valence-corrected chi connectivity index (χ1v) is 12.0. The molecule has 14 heteroatoms.